The normalized spacial score (nSPS) is 12.9. The maximum atomic E-state index is 14.3. The van der Waals surface area contributed by atoms with Crippen LogP contribution in [0.25, 0.3) is 0 Å². The molecule has 1 amide bonds. The lowest BCUT2D eigenvalue weighted by atomic mass is 10.00. The van der Waals surface area contributed by atoms with Crippen LogP contribution in [-0.4, -0.2) is 25.6 Å². The van der Waals surface area contributed by atoms with E-state index in [1.54, 1.807) is 18.6 Å². The van der Waals surface area contributed by atoms with E-state index in [0.717, 1.165) is 36.8 Å². The molecule has 0 radical (unpaired) electrons. The van der Waals surface area contributed by atoms with Crippen molar-refractivity contribution >= 4 is 21.6 Å². The van der Waals surface area contributed by atoms with Gasteiger partial charge in [-0.3, -0.25) is 9.52 Å². The molecule has 3 rings (SSSR count). The van der Waals surface area contributed by atoms with E-state index in [-0.39, 0.29) is 22.9 Å². The van der Waals surface area contributed by atoms with Crippen LogP contribution in [-0.2, 0) is 16.2 Å². The third-order valence-electron chi connectivity index (χ3n) is 5.04. The van der Waals surface area contributed by atoms with E-state index in [1.165, 1.54) is 13.0 Å². The molecular formula is C23H22F5N3O5S. The van der Waals surface area contributed by atoms with Crippen LogP contribution in [0.4, 0.5) is 27.6 Å². The number of aromatic nitrogens is 1. The number of oxazole rings is 1. The van der Waals surface area contributed by atoms with Crippen molar-refractivity contribution in [3.63, 3.8) is 0 Å². The number of sulfonamides is 1. The molecule has 0 spiro atoms. The second-order valence-corrected chi connectivity index (χ2v) is 10.2. The zero-order chi connectivity index (χ0) is 27.7. The van der Waals surface area contributed by atoms with Crippen molar-refractivity contribution in [2.45, 2.75) is 38.9 Å². The number of anilines is 1. The highest BCUT2D eigenvalue weighted by Gasteiger charge is 2.32. The van der Waals surface area contributed by atoms with Gasteiger partial charge in [-0.1, -0.05) is 13.8 Å². The molecular weight excluding hydrogens is 525 g/mol. The highest BCUT2D eigenvalue weighted by atomic mass is 32.2. The largest absolute Gasteiger partial charge is 0.416 e. The standard InChI is InChI=1S/C23H22F5N3O5S/c1-11(2)13-5-15(23(26,27)28)9-16(6-13)36-22-30-19(10-35-22)21(32)29-12(3)14-7-17(24)20(18(25)8-14)31-37(4,33)34/h5-12,31H,1-4H3,(H,29,32). The molecule has 0 fully saturated rings. The van der Waals surface area contributed by atoms with Gasteiger partial charge in [0, 0.05) is 0 Å². The van der Waals surface area contributed by atoms with Gasteiger partial charge in [-0.25, -0.2) is 17.2 Å². The summed E-state index contributed by atoms with van der Waals surface area (Å²) < 4.78 is 103. The van der Waals surface area contributed by atoms with Crippen molar-refractivity contribution < 1.29 is 44.3 Å². The SMILES string of the molecule is CC(C)c1cc(Oc2nc(C(=O)NC(C)c3cc(F)c(NS(C)(=O)=O)c(F)c3)co2)cc(C(F)(F)F)c1. The monoisotopic (exact) mass is 547 g/mol. The van der Waals surface area contributed by atoms with Gasteiger partial charge in [0.1, 0.15) is 17.7 Å². The quantitative estimate of drug-likeness (QED) is 0.348. The minimum atomic E-state index is -4.61. The molecule has 200 valence electrons. The Hall–Kier alpha value is -3.68. The fraction of sp³-hybridized carbons (Fsp3) is 0.304. The first-order chi connectivity index (χ1) is 17.0. The summed E-state index contributed by atoms with van der Waals surface area (Å²) in [4.78, 5) is 16.3. The van der Waals surface area contributed by atoms with Crippen molar-refractivity contribution in [2.75, 3.05) is 11.0 Å². The molecule has 1 atom stereocenters. The smallest absolute Gasteiger partial charge is 0.416 e. The fourth-order valence-corrected chi connectivity index (χ4v) is 3.73. The van der Waals surface area contributed by atoms with E-state index >= 15 is 0 Å². The number of halogens is 5. The van der Waals surface area contributed by atoms with Gasteiger partial charge in [0.15, 0.2) is 17.3 Å². The predicted octanol–water partition coefficient (Wildman–Crippen LogP) is 5.75. The number of benzene rings is 2. The number of amides is 1. The first-order valence-electron chi connectivity index (χ1n) is 10.7. The molecule has 0 saturated heterocycles. The highest BCUT2D eigenvalue weighted by Crippen LogP contribution is 2.35. The molecule has 1 unspecified atom stereocenters. The van der Waals surface area contributed by atoms with Crippen LogP contribution in [0, 0.1) is 11.6 Å². The Bertz CT molecular complexity index is 1400. The first-order valence-corrected chi connectivity index (χ1v) is 12.6. The van der Waals surface area contributed by atoms with Crippen LogP contribution in [0.15, 0.2) is 41.0 Å². The number of hydrogen-bond donors (Lipinski definition) is 2. The van der Waals surface area contributed by atoms with Crippen molar-refractivity contribution in [1.82, 2.24) is 10.3 Å². The maximum Gasteiger partial charge on any atom is 0.416 e. The van der Waals surface area contributed by atoms with Gasteiger partial charge in [-0.2, -0.15) is 18.2 Å². The Labute approximate surface area is 208 Å². The number of rotatable bonds is 8. The number of nitrogens with zero attached hydrogens (tertiary/aromatic N) is 1. The molecule has 14 heteroatoms. The number of alkyl halides is 3. The Morgan fingerprint density at radius 1 is 1.03 bits per heavy atom. The number of carbonyl (C=O) groups excluding carboxylic acids is 1. The second-order valence-electron chi connectivity index (χ2n) is 8.47. The van der Waals surface area contributed by atoms with E-state index in [9.17, 15) is 35.2 Å². The average Bonchev–Trinajstić information content (AvgIpc) is 3.23. The lowest BCUT2D eigenvalue weighted by molar-refractivity contribution is -0.137. The summed E-state index contributed by atoms with van der Waals surface area (Å²) in [5.41, 5.74) is -1.76. The third kappa shape index (κ3) is 7.18. The number of nitrogens with one attached hydrogen (secondary N) is 2. The summed E-state index contributed by atoms with van der Waals surface area (Å²) in [6.45, 7) is 4.83. The minimum absolute atomic E-state index is 0.0208. The van der Waals surface area contributed by atoms with Crippen molar-refractivity contribution in [1.29, 1.82) is 0 Å². The molecule has 0 aliphatic carbocycles. The van der Waals surface area contributed by atoms with Gasteiger partial charge in [0.05, 0.1) is 17.9 Å². The molecule has 0 aliphatic rings. The number of ether oxygens (including phenoxy) is 1. The fourth-order valence-electron chi connectivity index (χ4n) is 3.17. The summed E-state index contributed by atoms with van der Waals surface area (Å²) in [7, 11) is -3.93. The molecule has 37 heavy (non-hydrogen) atoms. The molecule has 2 aromatic carbocycles. The molecule has 2 N–H and O–H groups in total. The van der Waals surface area contributed by atoms with E-state index in [2.05, 4.69) is 10.3 Å². The van der Waals surface area contributed by atoms with Crippen LogP contribution >= 0.6 is 0 Å². The summed E-state index contributed by atoms with van der Waals surface area (Å²) in [6.07, 6.45) is -3.48. The van der Waals surface area contributed by atoms with Crippen LogP contribution in [0.2, 0.25) is 0 Å². The predicted molar refractivity (Wildman–Crippen MR) is 123 cm³/mol. The molecule has 1 heterocycles. The molecule has 8 nitrogen and oxygen atoms in total. The second kappa shape index (κ2) is 10.4. The summed E-state index contributed by atoms with van der Waals surface area (Å²) in [6, 6.07) is 3.89. The Kier molecular flexibility index (Phi) is 7.81. The number of carbonyl (C=O) groups is 1. The van der Waals surface area contributed by atoms with Gasteiger partial charge < -0.3 is 14.5 Å². The van der Waals surface area contributed by atoms with E-state index in [4.69, 9.17) is 9.15 Å². The van der Waals surface area contributed by atoms with E-state index < -0.39 is 57.1 Å². The lowest BCUT2D eigenvalue weighted by Crippen LogP contribution is -2.27. The van der Waals surface area contributed by atoms with Gasteiger partial charge in [-0.05, 0) is 54.3 Å². The van der Waals surface area contributed by atoms with Gasteiger partial charge in [0.25, 0.3) is 5.91 Å². The van der Waals surface area contributed by atoms with Crippen LogP contribution < -0.4 is 14.8 Å². The van der Waals surface area contributed by atoms with Gasteiger partial charge in [0.2, 0.25) is 10.0 Å². The average molecular weight is 548 g/mol. The summed E-state index contributed by atoms with van der Waals surface area (Å²) in [5.74, 6) is -3.66. The Balaban J connectivity index is 1.75. The lowest BCUT2D eigenvalue weighted by Gasteiger charge is -2.15. The van der Waals surface area contributed by atoms with E-state index in [0.29, 0.717) is 5.56 Å². The first kappa shape index (κ1) is 27.9. The molecule has 0 bridgehead atoms. The maximum absolute atomic E-state index is 14.3. The van der Waals surface area contributed by atoms with Gasteiger partial charge >= 0.3 is 12.3 Å². The molecule has 1 aromatic heterocycles. The minimum Gasteiger partial charge on any atom is -0.416 e. The zero-order valence-corrected chi connectivity index (χ0v) is 20.7. The van der Waals surface area contributed by atoms with Crippen molar-refractivity contribution in [3.8, 4) is 11.8 Å². The summed E-state index contributed by atoms with van der Waals surface area (Å²) in [5, 5.41) is 2.43. The molecule has 0 aliphatic heterocycles. The molecule has 0 saturated carbocycles. The van der Waals surface area contributed by atoms with Crippen LogP contribution in [0.3, 0.4) is 0 Å². The Morgan fingerprint density at radius 2 is 1.65 bits per heavy atom. The van der Waals surface area contributed by atoms with Gasteiger partial charge in [-0.15, -0.1) is 0 Å². The zero-order valence-electron chi connectivity index (χ0n) is 19.9. The van der Waals surface area contributed by atoms with Crippen LogP contribution in [0.1, 0.15) is 59.9 Å². The number of hydrogen-bond acceptors (Lipinski definition) is 6. The third-order valence-corrected chi connectivity index (χ3v) is 5.62. The van der Waals surface area contributed by atoms with Crippen molar-refractivity contribution in [3.05, 3.63) is 70.6 Å². The molecule has 3 aromatic rings. The Morgan fingerprint density at radius 3 is 2.19 bits per heavy atom. The topological polar surface area (TPSA) is 111 Å². The summed E-state index contributed by atoms with van der Waals surface area (Å²) >= 11 is 0. The highest BCUT2D eigenvalue weighted by molar-refractivity contribution is 7.92. The van der Waals surface area contributed by atoms with Crippen LogP contribution in [0.5, 0.6) is 11.8 Å². The van der Waals surface area contributed by atoms with E-state index in [1.807, 2.05) is 0 Å². The van der Waals surface area contributed by atoms with Crippen molar-refractivity contribution in [2.24, 2.45) is 0 Å².